The second-order valence-electron chi connectivity index (χ2n) is 6.36. The molecule has 0 aromatic rings. The maximum Gasteiger partial charge on any atom is 0.224 e. The Bertz CT molecular complexity index is 314. The lowest BCUT2D eigenvalue weighted by atomic mass is 9.80. The number of carbonyl (C=O) groups is 1. The van der Waals surface area contributed by atoms with E-state index in [1.807, 2.05) is 4.90 Å². The van der Waals surface area contributed by atoms with Crippen molar-refractivity contribution in [3.05, 3.63) is 0 Å². The number of hydrogen-bond donors (Lipinski definition) is 1. The maximum atomic E-state index is 12.4. The first kappa shape index (κ1) is 12.4. The van der Waals surface area contributed by atoms with Crippen molar-refractivity contribution < 1.29 is 9.53 Å². The molecule has 2 bridgehead atoms. The lowest BCUT2D eigenvalue weighted by molar-refractivity contribution is -0.141. The van der Waals surface area contributed by atoms with Gasteiger partial charge in [0, 0.05) is 25.0 Å². The first-order valence-corrected chi connectivity index (χ1v) is 7.37. The Labute approximate surface area is 109 Å². The van der Waals surface area contributed by atoms with Crippen LogP contribution in [0.2, 0.25) is 0 Å². The molecule has 3 aliphatic rings. The summed E-state index contributed by atoms with van der Waals surface area (Å²) in [6, 6.07) is 0. The van der Waals surface area contributed by atoms with E-state index in [1.165, 1.54) is 19.3 Å². The number of nitrogens with two attached hydrogens (primary N) is 1. The summed E-state index contributed by atoms with van der Waals surface area (Å²) in [5, 5.41) is 0. The van der Waals surface area contributed by atoms with Gasteiger partial charge in [-0.15, -0.1) is 0 Å². The highest BCUT2D eigenvalue weighted by molar-refractivity contribution is 5.77. The Hall–Kier alpha value is -0.610. The van der Waals surface area contributed by atoms with Crippen molar-refractivity contribution in [1.29, 1.82) is 0 Å². The van der Waals surface area contributed by atoms with Gasteiger partial charge in [0.1, 0.15) is 0 Å². The highest BCUT2D eigenvalue weighted by Gasteiger charge is 2.38. The largest absolute Gasteiger partial charge is 0.371 e. The predicted octanol–water partition coefficient (Wildman–Crippen LogP) is 1.43. The van der Waals surface area contributed by atoms with E-state index in [2.05, 4.69) is 0 Å². The summed E-state index contributed by atoms with van der Waals surface area (Å²) in [4.78, 5) is 14.4. The topological polar surface area (TPSA) is 55.6 Å². The smallest absolute Gasteiger partial charge is 0.224 e. The van der Waals surface area contributed by atoms with Gasteiger partial charge < -0.3 is 15.4 Å². The molecule has 18 heavy (non-hydrogen) atoms. The van der Waals surface area contributed by atoms with Crippen molar-refractivity contribution in [2.75, 3.05) is 13.1 Å². The standard InChI is InChI=1S/C14H24N2O2/c15-14(6-2-1-3-7-14)8-13(17)16-9-11-4-5-12(10-16)18-11/h11-12H,1-10,15H2. The zero-order chi connectivity index (χ0) is 12.6. The molecule has 0 aromatic carbocycles. The quantitative estimate of drug-likeness (QED) is 0.809. The van der Waals surface area contributed by atoms with Crippen LogP contribution >= 0.6 is 0 Å². The van der Waals surface area contributed by atoms with Crippen molar-refractivity contribution in [1.82, 2.24) is 4.90 Å². The van der Waals surface area contributed by atoms with Gasteiger partial charge in [-0.2, -0.15) is 0 Å². The molecule has 2 aliphatic heterocycles. The number of fused-ring (bicyclic) bond motifs is 2. The van der Waals surface area contributed by atoms with Gasteiger partial charge in [-0.25, -0.2) is 0 Å². The van der Waals surface area contributed by atoms with Gasteiger partial charge in [0.05, 0.1) is 12.2 Å². The van der Waals surface area contributed by atoms with Gasteiger partial charge in [0.25, 0.3) is 0 Å². The van der Waals surface area contributed by atoms with Crippen LogP contribution in [0.5, 0.6) is 0 Å². The fourth-order valence-electron chi connectivity index (χ4n) is 3.66. The molecular weight excluding hydrogens is 228 g/mol. The normalized spacial score (nSPS) is 34.6. The van der Waals surface area contributed by atoms with Gasteiger partial charge in [-0.3, -0.25) is 4.79 Å². The second kappa shape index (κ2) is 4.82. The molecule has 3 fully saturated rings. The van der Waals surface area contributed by atoms with Crippen LogP contribution in [0.4, 0.5) is 0 Å². The van der Waals surface area contributed by atoms with Crippen LogP contribution in [0.15, 0.2) is 0 Å². The van der Waals surface area contributed by atoms with Crippen LogP contribution in [-0.2, 0) is 9.53 Å². The number of ether oxygens (including phenoxy) is 1. The van der Waals surface area contributed by atoms with E-state index in [0.29, 0.717) is 6.42 Å². The lowest BCUT2D eigenvalue weighted by Crippen LogP contribution is -2.51. The molecular formula is C14H24N2O2. The molecule has 4 heteroatoms. The van der Waals surface area contributed by atoms with Gasteiger partial charge in [0.2, 0.25) is 5.91 Å². The molecule has 0 spiro atoms. The van der Waals surface area contributed by atoms with E-state index < -0.39 is 0 Å². The van der Waals surface area contributed by atoms with E-state index >= 15 is 0 Å². The Balaban J connectivity index is 1.57. The van der Waals surface area contributed by atoms with Gasteiger partial charge >= 0.3 is 0 Å². The van der Waals surface area contributed by atoms with E-state index in [9.17, 15) is 4.79 Å². The number of rotatable bonds is 2. The first-order valence-electron chi connectivity index (χ1n) is 7.37. The van der Waals surface area contributed by atoms with Crippen LogP contribution in [0.3, 0.4) is 0 Å². The number of amides is 1. The summed E-state index contributed by atoms with van der Waals surface area (Å²) in [6.45, 7) is 1.57. The third-order valence-electron chi connectivity index (χ3n) is 4.75. The van der Waals surface area contributed by atoms with Crippen LogP contribution in [0, 0.1) is 0 Å². The number of nitrogens with zero attached hydrogens (tertiary/aromatic N) is 1. The molecule has 0 radical (unpaired) electrons. The number of likely N-dealkylation sites (tertiary alicyclic amines) is 1. The SMILES string of the molecule is NC1(CC(=O)N2CC3CCC(C2)O3)CCCCC1. The van der Waals surface area contributed by atoms with Crippen molar-refractivity contribution in [3.8, 4) is 0 Å². The third kappa shape index (κ3) is 2.54. The molecule has 2 heterocycles. The molecule has 102 valence electrons. The van der Waals surface area contributed by atoms with E-state index in [1.54, 1.807) is 0 Å². The molecule has 2 N–H and O–H groups in total. The summed E-state index contributed by atoms with van der Waals surface area (Å²) >= 11 is 0. The number of carbonyl (C=O) groups excluding carboxylic acids is 1. The molecule has 1 amide bonds. The Morgan fingerprint density at radius 3 is 2.39 bits per heavy atom. The van der Waals surface area contributed by atoms with E-state index in [4.69, 9.17) is 10.5 Å². The predicted molar refractivity (Wildman–Crippen MR) is 69.1 cm³/mol. The summed E-state index contributed by atoms with van der Waals surface area (Å²) in [5.41, 5.74) is 6.14. The molecule has 2 unspecified atom stereocenters. The molecule has 1 saturated carbocycles. The van der Waals surface area contributed by atoms with Crippen molar-refractivity contribution in [2.45, 2.75) is 69.1 Å². The minimum atomic E-state index is -0.229. The third-order valence-corrected chi connectivity index (χ3v) is 4.75. The Morgan fingerprint density at radius 2 is 1.78 bits per heavy atom. The fraction of sp³-hybridized carbons (Fsp3) is 0.929. The minimum Gasteiger partial charge on any atom is -0.371 e. The van der Waals surface area contributed by atoms with Gasteiger partial charge in [-0.05, 0) is 25.7 Å². The van der Waals surface area contributed by atoms with Crippen LogP contribution < -0.4 is 5.73 Å². The van der Waals surface area contributed by atoms with Crippen molar-refractivity contribution >= 4 is 5.91 Å². The molecule has 3 rings (SSSR count). The van der Waals surface area contributed by atoms with Crippen LogP contribution in [-0.4, -0.2) is 41.6 Å². The van der Waals surface area contributed by atoms with E-state index in [-0.39, 0.29) is 23.7 Å². The minimum absolute atomic E-state index is 0.229. The average molecular weight is 252 g/mol. The molecule has 1 aliphatic carbocycles. The summed E-state index contributed by atoms with van der Waals surface area (Å²) in [7, 11) is 0. The van der Waals surface area contributed by atoms with E-state index in [0.717, 1.165) is 38.8 Å². The maximum absolute atomic E-state index is 12.4. The lowest BCUT2D eigenvalue weighted by Gasteiger charge is -2.37. The van der Waals surface area contributed by atoms with Gasteiger partial charge in [0.15, 0.2) is 0 Å². The molecule has 0 aromatic heterocycles. The summed E-state index contributed by atoms with van der Waals surface area (Å²) in [5.74, 6) is 0.250. The molecule has 4 nitrogen and oxygen atoms in total. The monoisotopic (exact) mass is 252 g/mol. The number of morpholine rings is 1. The average Bonchev–Trinajstić information content (AvgIpc) is 2.68. The highest BCUT2D eigenvalue weighted by atomic mass is 16.5. The summed E-state index contributed by atoms with van der Waals surface area (Å²) in [6.07, 6.45) is 8.98. The zero-order valence-corrected chi connectivity index (χ0v) is 11.1. The van der Waals surface area contributed by atoms with Crippen LogP contribution in [0.25, 0.3) is 0 Å². The fourth-order valence-corrected chi connectivity index (χ4v) is 3.66. The van der Waals surface area contributed by atoms with Crippen LogP contribution in [0.1, 0.15) is 51.4 Å². The Kier molecular flexibility index (Phi) is 3.32. The highest BCUT2D eigenvalue weighted by Crippen LogP contribution is 2.31. The van der Waals surface area contributed by atoms with Crippen molar-refractivity contribution in [2.24, 2.45) is 5.73 Å². The molecule has 2 saturated heterocycles. The molecule has 2 atom stereocenters. The summed E-state index contributed by atoms with van der Waals surface area (Å²) < 4.78 is 5.77. The first-order chi connectivity index (χ1) is 8.65. The Morgan fingerprint density at radius 1 is 1.17 bits per heavy atom. The zero-order valence-electron chi connectivity index (χ0n) is 11.1. The van der Waals surface area contributed by atoms with Crippen molar-refractivity contribution in [3.63, 3.8) is 0 Å². The second-order valence-corrected chi connectivity index (χ2v) is 6.36. The van der Waals surface area contributed by atoms with Gasteiger partial charge in [-0.1, -0.05) is 19.3 Å². The number of hydrogen-bond acceptors (Lipinski definition) is 3.